The van der Waals surface area contributed by atoms with Crippen LogP contribution in [0.1, 0.15) is 23.6 Å². The van der Waals surface area contributed by atoms with Crippen LogP contribution in [0.25, 0.3) is 0 Å². The van der Waals surface area contributed by atoms with Gasteiger partial charge in [0.25, 0.3) is 0 Å². The molecule has 0 amide bonds. The predicted molar refractivity (Wildman–Crippen MR) is 52.7 cm³/mol. The minimum Gasteiger partial charge on any atom is -0.399 e. The van der Waals surface area contributed by atoms with Gasteiger partial charge in [-0.3, -0.25) is 0 Å². The Morgan fingerprint density at radius 3 is 2.85 bits per heavy atom. The summed E-state index contributed by atoms with van der Waals surface area (Å²) in [5.41, 5.74) is 14.2. The first-order valence-electron chi connectivity index (χ1n) is 4.14. The van der Waals surface area contributed by atoms with Gasteiger partial charge in [0.15, 0.2) is 0 Å². The summed E-state index contributed by atoms with van der Waals surface area (Å²) in [6.45, 7) is 1.92. The van der Waals surface area contributed by atoms with Crippen molar-refractivity contribution in [2.75, 3.05) is 5.73 Å². The maximum Gasteiger partial charge on any atom is 0.0641 e. The van der Waals surface area contributed by atoms with E-state index in [4.69, 9.17) is 16.7 Å². The summed E-state index contributed by atoms with van der Waals surface area (Å²) < 4.78 is 0. The van der Waals surface area contributed by atoms with Gasteiger partial charge in [-0.05, 0) is 24.1 Å². The average molecular weight is 175 g/mol. The molecule has 3 heteroatoms. The molecule has 0 saturated carbocycles. The Kier molecular flexibility index (Phi) is 2.88. The number of hydrogen-bond donors (Lipinski definition) is 2. The van der Waals surface area contributed by atoms with Crippen LogP contribution in [0.15, 0.2) is 18.2 Å². The summed E-state index contributed by atoms with van der Waals surface area (Å²) in [6.07, 6.45) is 0.324. The largest absolute Gasteiger partial charge is 0.399 e. The van der Waals surface area contributed by atoms with Crippen molar-refractivity contribution >= 4 is 5.69 Å². The van der Waals surface area contributed by atoms with Gasteiger partial charge in [-0.15, -0.1) is 0 Å². The van der Waals surface area contributed by atoms with Gasteiger partial charge in [0.2, 0.25) is 0 Å². The summed E-state index contributed by atoms with van der Waals surface area (Å²) in [4.78, 5) is 0. The molecule has 0 aliphatic heterocycles. The zero-order valence-electron chi connectivity index (χ0n) is 7.62. The van der Waals surface area contributed by atoms with Crippen LogP contribution >= 0.6 is 0 Å². The van der Waals surface area contributed by atoms with E-state index in [0.29, 0.717) is 6.42 Å². The maximum absolute atomic E-state index is 8.50. The lowest BCUT2D eigenvalue weighted by atomic mass is 9.99. The Bertz CT molecular complexity index is 339. The molecule has 0 fully saturated rings. The van der Waals surface area contributed by atoms with Crippen molar-refractivity contribution in [2.45, 2.75) is 19.4 Å². The second-order valence-electron chi connectivity index (χ2n) is 3.03. The van der Waals surface area contributed by atoms with Crippen LogP contribution in [-0.4, -0.2) is 0 Å². The number of anilines is 1. The molecule has 1 aromatic rings. The molecule has 3 nitrogen and oxygen atoms in total. The maximum atomic E-state index is 8.50. The molecular weight excluding hydrogens is 162 g/mol. The molecule has 0 saturated heterocycles. The van der Waals surface area contributed by atoms with Gasteiger partial charge in [-0.2, -0.15) is 5.26 Å². The number of nitrogens with zero attached hydrogens (tertiary/aromatic N) is 1. The Labute approximate surface area is 78.0 Å². The lowest BCUT2D eigenvalue weighted by molar-refractivity contribution is 0.743. The number of nitrogens with two attached hydrogens (primary N) is 2. The lowest BCUT2D eigenvalue weighted by Gasteiger charge is -2.12. The fraction of sp³-hybridized carbons (Fsp3) is 0.300. The average Bonchev–Trinajstić information content (AvgIpc) is 2.10. The standard InChI is InChI=1S/C10H13N3/c1-7-8(10(13)5-6-11)3-2-4-9(7)12/h2-4,10H,5,12-13H2,1H3. The van der Waals surface area contributed by atoms with Crippen LogP contribution in [0.5, 0.6) is 0 Å². The number of rotatable bonds is 2. The van der Waals surface area contributed by atoms with E-state index in [1.807, 2.05) is 31.2 Å². The molecule has 68 valence electrons. The van der Waals surface area contributed by atoms with Gasteiger partial charge in [-0.25, -0.2) is 0 Å². The number of hydrogen-bond acceptors (Lipinski definition) is 3. The monoisotopic (exact) mass is 175 g/mol. The van der Waals surface area contributed by atoms with Crippen LogP contribution in [0.2, 0.25) is 0 Å². The van der Waals surface area contributed by atoms with Gasteiger partial charge >= 0.3 is 0 Å². The van der Waals surface area contributed by atoms with E-state index in [2.05, 4.69) is 0 Å². The second kappa shape index (κ2) is 3.92. The Morgan fingerprint density at radius 1 is 1.54 bits per heavy atom. The second-order valence-corrected chi connectivity index (χ2v) is 3.03. The molecule has 0 radical (unpaired) electrons. The first kappa shape index (κ1) is 9.56. The first-order valence-corrected chi connectivity index (χ1v) is 4.14. The van der Waals surface area contributed by atoms with Crippen LogP contribution in [-0.2, 0) is 0 Å². The van der Waals surface area contributed by atoms with Crippen LogP contribution in [0.3, 0.4) is 0 Å². The third kappa shape index (κ3) is 1.98. The molecule has 0 spiro atoms. The highest BCUT2D eigenvalue weighted by Gasteiger charge is 2.09. The smallest absolute Gasteiger partial charge is 0.0641 e. The molecule has 0 aromatic heterocycles. The topological polar surface area (TPSA) is 75.8 Å². The van der Waals surface area contributed by atoms with Crippen molar-refractivity contribution < 1.29 is 0 Å². The molecule has 0 aliphatic rings. The molecular formula is C10H13N3. The van der Waals surface area contributed by atoms with Crippen LogP contribution in [0.4, 0.5) is 5.69 Å². The van der Waals surface area contributed by atoms with Crippen molar-refractivity contribution in [3.05, 3.63) is 29.3 Å². The molecule has 1 aromatic carbocycles. The van der Waals surface area contributed by atoms with E-state index in [1.54, 1.807) is 0 Å². The summed E-state index contributed by atoms with van der Waals surface area (Å²) in [5.74, 6) is 0. The van der Waals surface area contributed by atoms with Gasteiger partial charge in [0, 0.05) is 11.7 Å². The van der Waals surface area contributed by atoms with E-state index in [-0.39, 0.29) is 6.04 Å². The van der Waals surface area contributed by atoms with E-state index in [9.17, 15) is 0 Å². The summed E-state index contributed by atoms with van der Waals surface area (Å²) in [5, 5.41) is 8.50. The van der Waals surface area contributed by atoms with Gasteiger partial charge in [-0.1, -0.05) is 12.1 Å². The number of nitrogen functional groups attached to an aromatic ring is 1. The predicted octanol–water partition coefficient (Wildman–Crippen LogP) is 1.49. The third-order valence-corrected chi connectivity index (χ3v) is 2.13. The van der Waals surface area contributed by atoms with Gasteiger partial charge in [0.1, 0.15) is 0 Å². The van der Waals surface area contributed by atoms with Gasteiger partial charge in [0.05, 0.1) is 12.5 Å². The molecule has 0 bridgehead atoms. The van der Waals surface area contributed by atoms with E-state index in [0.717, 1.165) is 16.8 Å². The number of benzene rings is 1. The first-order chi connectivity index (χ1) is 6.16. The minimum absolute atomic E-state index is 0.228. The SMILES string of the molecule is Cc1c(N)cccc1C(N)CC#N. The molecule has 13 heavy (non-hydrogen) atoms. The summed E-state index contributed by atoms with van der Waals surface area (Å²) in [7, 11) is 0. The third-order valence-electron chi connectivity index (χ3n) is 2.13. The normalized spacial score (nSPS) is 12.1. The van der Waals surface area contributed by atoms with Crippen molar-refractivity contribution in [3.63, 3.8) is 0 Å². The van der Waals surface area contributed by atoms with E-state index < -0.39 is 0 Å². The molecule has 1 atom stereocenters. The highest BCUT2D eigenvalue weighted by molar-refractivity contribution is 5.50. The Balaban J connectivity index is 3.02. The van der Waals surface area contributed by atoms with Crippen molar-refractivity contribution in [1.29, 1.82) is 5.26 Å². The zero-order chi connectivity index (χ0) is 9.84. The van der Waals surface area contributed by atoms with Crippen LogP contribution in [0, 0.1) is 18.3 Å². The summed E-state index contributed by atoms with van der Waals surface area (Å²) >= 11 is 0. The fourth-order valence-corrected chi connectivity index (χ4v) is 1.28. The fourth-order valence-electron chi connectivity index (χ4n) is 1.28. The zero-order valence-corrected chi connectivity index (χ0v) is 7.62. The summed E-state index contributed by atoms with van der Waals surface area (Å²) in [6, 6.07) is 7.42. The van der Waals surface area contributed by atoms with Crippen LogP contribution < -0.4 is 11.5 Å². The molecule has 1 unspecified atom stereocenters. The van der Waals surface area contributed by atoms with E-state index >= 15 is 0 Å². The van der Waals surface area contributed by atoms with E-state index in [1.165, 1.54) is 0 Å². The molecule has 0 heterocycles. The highest BCUT2D eigenvalue weighted by atomic mass is 14.6. The lowest BCUT2D eigenvalue weighted by Crippen LogP contribution is -2.11. The van der Waals surface area contributed by atoms with Crippen molar-refractivity contribution in [3.8, 4) is 6.07 Å². The number of nitriles is 1. The molecule has 0 aliphatic carbocycles. The van der Waals surface area contributed by atoms with Crippen molar-refractivity contribution in [2.24, 2.45) is 5.73 Å². The quantitative estimate of drug-likeness (QED) is 0.668. The Hall–Kier alpha value is -1.53. The molecule has 4 N–H and O–H groups in total. The van der Waals surface area contributed by atoms with Crippen molar-refractivity contribution in [1.82, 2.24) is 0 Å². The highest BCUT2D eigenvalue weighted by Crippen LogP contribution is 2.22. The minimum atomic E-state index is -0.228. The van der Waals surface area contributed by atoms with Gasteiger partial charge < -0.3 is 11.5 Å². The Morgan fingerprint density at radius 2 is 2.23 bits per heavy atom. The molecule has 1 rings (SSSR count).